The average molecular weight is 400 g/mol. The Labute approximate surface area is 158 Å². The van der Waals surface area contributed by atoms with Crippen molar-refractivity contribution < 1.29 is 13.2 Å². The van der Waals surface area contributed by atoms with Gasteiger partial charge in [-0.15, -0.1) is 0 Å². The van der Waals surface area contributed by atoms with Crippen LogP contribution in [0.2, 0.25) is 10.0 Å². The van der Waals surface area contributed by atoms with Crippen LogP contribution in [0.3, 0.4) is 0 Å². The number of para-hydroxylation sites is 1. The van der Waals surface area contributed by atoms with Crippen molar-refractivity contribution in [2.24, 2.45) is 0 Å². The topological polar surface area (TPSA) is 55.4 Å². The molecule has 1 N–H and O–H groups in total. The van der Waals surface area contributed by atoms with Gasteiger partial charge in [0.25, 0.3) is 0 Å². The summed E-state index contributed by atoms with van der Waals surface area (Å²) in [5.41, 5.74) is 0.978. The third-order valence-electron chi connectivity index (χ3n) is 4.04. The molecule has 0 saturated heterocycles. The van der Waals surface area contributed by atoms with Crippen LogP contribution in [0.5, 0.6) is 5.75 Å². The SMILES string of the molecule is CC1(C)C[C@H](NS(=O)(=O)Cc2ccc(Cl)c(Cl)c2)c2ccccc2O1. The normalized spacial score (nSPS) is 19.1. The molecule has 0 aliphatic carbocycles. The maximum atomic E-state index is 12.7. The molecule has 0 amide bonds. The first-order valence-electron chi connectivity index (χ1n) is 7.87. The smallest absolute Gasteiger partial charge is 0.216 e. The number of sulfonamides is 1. The van der Waals surface area contributed by atoms with Gasteiger partial charge >= 0.3 is 0 Å². The van der Waals surface area contributed by atoms with Crippen molar-refractivity contribution in [2.75, 3.05) is 0 Å². The van der Waals surface area contributed by atoms with Crippen molar-refractivity contribution in [2.45, 2.75) is 37.7 Å². The number of nitrogens with one attached hydrogen (secondary N) is 1. The zero-order valence-corrected chi connectivity index (χ0v) is 16.3. The minimum absolute atomic E-state index is 0.163. The molecular formula is C18H19Cl2NO3S. The second-order valence-corrected chi connectivity index (χ2v) is 9.35. The van der Waals surface area contributed by atoms with Gasteiger partial charge in [-0.25, -0.2) is 13.1 Å². The molecule has 0 radical (unpaired) electrons. The van der Waals surface area contributed by atoms with Gasteiger partial charge in [0.05, 0.1) is 21.8 Å². The van der Waals surface area contributed by atoms with Crippen LogP contribution in [0.4, 0.5) is 0 Å². The zero-order valence-electron chi connectivity index (χ0n) is 13.9. The van der Waals surface area contributed by atoms with Crippen LogP contribution >= 0.6 is 23.2 Å². The molecule has 3 rings (SSSR count). The summed E-state index contributed by atoms with van der Waals surface area (Å²) in [5, 5.41) is 0.739. The lowest BCUT2D eigenvalue weighted by Crippen LogP contribution is -2.41. The van der Waals surface area contributed by atoms with E-state index in [2.05, 4.69) is 4.72 Å². The van der Waals surface area contributed by atoms with Crippen LogP contribution in [0.15, 0.2) is 42.5 Å². The molecule has 1 aliphatic heterocycles. The average Bonchev–Trinajstić information content (AvgIpc) is 2.49. The number of rotatable bonds is 4. The van der Waals surface area contributed by atoms with Gasteiger partial charge in [-0.3, -0.25) is 0 Å². The molecule has 0 aromatic heterocycles. The van der Waals surface area contributed by atoms with Gasteiger partial charge in [-0.05, 0) is 37.6 Å². The van der Waals surface area contributed by atoms with Crippen LogP contribution < -0.4 is 9.46 Å². The van der Waals surface area contributed by atoms with Crippen LogP contribution in [-0.2, 0) is 15.8 Å². The summed E-state index contributed by atoms with van der Waals surface area (Å²) in [6, 6.07) is 12.0. The van der Waals surface area contributed by atoms with Crippen LogP contribution in [0.1, 0.15) is 37.4 Å². The standard InChI is InChI=1S/C18H19Cl2NO3S/c1-18(2)10-16(13-5-3-4-6-17(13)24-18)21-25(22,23)11-12-7-8-14(19)15(20)9-12/h3-9,16,21H,10-11H2,1-2H3/t16-/m0/s1. The lowest BCUT2D eigenvalue weighted by atomic mass is 9.90. The summed E-state index contributed by atoms with van der Waals surface area (Å²) in [5.74, 6) is 0.546. The molecule has 0 unspecified atom stereocenters. The summed E-state index contributed by atoms with van der Waals surface area (Å²) in [7, 11) is -3.56. The Balaban J connectivity index is 1.84. The van der Waals surface area contributed by atoms with Crippen molar-refractivity contribution in [1.29, 1.82) is 0 Å². The van der Waals surface area contributed by atoms with E-state index < -0.39 is 15.6 Å². The zero-order chi connectivity index (χ0) is 18.2. The van der Waals surface area contributed by atoms with Crippen LogP contribution in [0, 0.1) is 0 Å². The van der Waals surface area contributed by atoms with Crippen molar-refractivity contribution in [1.82, 2.24) is 4.72 Å². The highest BCUT2D eigenvalue weighted by atomic mass is 35.5. The van der Waals surface area contributed by atoms with E-state index >= 15 is 0 Å². The second kappa shape index (κ2) is 6.80. The first kappa shape index (κ1) is 18.5. The highest BCUT2D eigenvalue weighted by Gasteiger charge is 2.35. The molecule has 7 heteroatoms. The van der Waals surface area contributed by atoms with Gasteiger partial charge in [0, 0.05) is 12.0 Å². The molecule has 1 heterocycles. The molecule has 25 heavy (non-hydrogen) atoms. The Kier molecular flexibility index (Phi) is 5.04. The Morgan fingerprint density at radius 2 is 1.88 bits per heavy atom. The Hall–Kier alpha value is -1.27. The monoisotopic (exact) mass is 399 g/mol. The Morgan fingerprint density at radius 1 is 1.16 bits per heavy atom. The third-order valence-corrected chi connectivity index (χ3v) is 6.13. The van der Waals surface area contributed by atoms with Crippen molar-refractivity contribution in [3.8, 4) is 5.75 Å². The van der Waals surface area contributed by atoms with E-state index in [9.17, 15) is 8.42 Å². The molecule has 0 fully saturated rings. The van der Waals surface area contributed by atoms with Crippen LogP contribution in [-0.4, -0.2) is 14.0 Å². The largest absolute Gasteiger partial charge is 0.487 e. The number of benzene rings is 2. The minimum Gasteiger partial charge on any atom is -0.487 e. The van der Waals surface area contributed by atoms with Crippen molar-refractivity contribution in [3.05, 3.63) is 63.6 Å². The molecule has 1 atom stereocenters. The highest BCUT2D eigenvalue weighted by molar-refractivity contribution is 7.88. The van der Waals surface area contributed by atoms with Crippen molar-refractivity contribution >= 4 is 33.2 Å². The van der Waals surface area contributed by atoms with E-state index in [4.69, 9.17) is 27.9 Å². The molecule has 1 aliphatic rings. The third kappa shape index (κ3) is 4.47. The van der Waals surface area contributed by atoms with Gasteiger partial charge < -0.3 is 4.74 Å². The quantitative estimate of drug-likeness (QED) is 0.809. The summed E-state index contributed by atoms with van der Waals surface area (Å²) in [6.07, 6.45) is 0.546. The van der Waals surface area contributed by atoms with Gasteiger partial charge in [0.1, 0.15) is 11.4 Å². The van der Waals surface area contributed by atoms with Crippen LogP contribution in [0.25, 0.3) is 0 Å². The Morgan fingerprint density at radius 3 is 2.60 bits per heavy atom. The second-order valence-electron chi connectivity index (χ2n) is 6.78. The molecular weight excluding hydrogens is 381 g/mol. The predicted molar refractivity (Wildman–Crippen MR) is 101 cm³/mol. The number of hydrogen-bond donors (Lipinski definition) is 1. The predicted octanol–water partition coefficient (Wildman–Crippen LogP) is 4.72. The van der Waals surface area contributed by atoms with E-state index in [-0.39, 0.29) is 11.8 Å². The van der Waals surface area contributed by atoms with Gasteiger partial charge in [-0.1, -0.05) is 47.5 Å². The van der Waals surface area contributed by atoms with E-state index in [0.717, 1.165) is 5.56 Å². The van der Waals surface area contributed by atoms with E-state index in [1.54, 1.807) is 18.2 Å². The molecule has 4 nitrogen and oxygen atoms in total. The molecule has 2 aromatic rings. The molecule has 134 valence electrons. The molecule has 2 aromatic carbocycles. The lowest BCUT2D eigenvalue weighted by Gasteiger charge is -2.37. The lowest BCUT2D eigenvalue weighted by molar-refractivity contribution is 0.0702. The summed E-state index contributed by atoms with van der Waals surface area (Å²) >= 11 is 11.9. The highest BCUT2D eigenvalue weighted by Crippen LogP contribution is 2.39. The molecule has 0 spiro atoms. The number of ether oxygens (including phenoxy) is 1. The first-order chi connectivity index (χ1) is 11.7. The van der Waals surface area contributed by atoms with Crippen molar-refractivity contribution in [3.63, 3.8) is 0 Å². The van der Waals surface area contributed by atoms with E-state index in [1.807, 2.05) is 38.1 Å². The number of halogens is 2. The maximum Gasteiger partial charge on any atom is 0.216 e. The number of fused-ring (bicyclic) bond motifs is 1. The summed E-state index contributed by atoms with van der Waals surface area (Å²) < 4.78 is 34.1. The summed E-state index contributed by atoms with van der Waals surface area (Å²) in [6.45, 7) is 3.90. The van der Waals surface area contributed by atoms with E-state index in [0.29, 0.717) is 27.8 Å². The van der Waals surface area contributed by atoms with Gasteiger partial charge in [-0.2, -0.15) is 0 Å². The fraction of sp³-hybridized carbons (Fsp3) is 0.333. The molecule has 0 saturated carbocycles. The van der Waals surface area contributed by atoms with Gasteiger partial charge in [0.15, 0.2) is 0 Å². The number of hydrogen-bond acceptors (Lipinski definition) is 3. The maximum absolute atomic E-state index is 12.7. The Bertz CT molecular complexity index is 897. The minimum atomic E-state index is -3.56. The van der Waals surface area contributed by atoms with E-state index in [1.165, 1.54) is 0 Å². The fourth-order valence-corrected chi connectivity index (χ4v) is 4.68. The fourth-order valence-electron chi connectivity index (χ4n) is 3.01. The van der Waals surface area contributed by atoms with Gasteiger partial charge in [0.2, 0.25) is 10.0 Å². The first-order valence-corrected chi connectivity index (χ1v) is 10.3. The molecule has 0 bridgehead atoms. The summed E-state index contributed by atoms with van der Waals surface area (Å²) in [4.78, 5) is 0.